The highest BCUT2D eigenvalue weighted by Crippen LogP contribution is 2.30. The molecule has 0 fully saturated rings. The van der Waals surface area contributed by atoms with E-state index < -0.39 is 5.97 Å². The smallest absolute Gasteiger partial charge is 0.343 e. The Morgan fingerprint density at radius 2 is 2.25 bits per heavy atom. The first kappa shape index (κ1) is 12.5. The van der Waals surface area contributed by atoms with Gasteiger partial charge in [-0.25, -0.2) is 4.79 Å². The van der Waals surface area contributed by atoms with Crippen LogP contribution in [0, 0.1) is 11.3 Å². The first-order valence-corrected chi connectivity index (χ1v) is 5.38. The number of rotatable bonds is 3. The van der Waals surface area contributed by atoms with Crippen LogP contribution in [0.1, 0.15) is 22.8 Å². The van der Waals surface area contributed by atoms with Crippen LogP contribution < -0.4 is 4.74 Å². The highest BCUT2D eigenvalue weighted by Gasteiger charge is 2.20. The largest absolute Gasteiger partial charge is 0.494 e. The van der Waals surface area contributed by atoms with Crippen LogP contribution in [0.5, 0.6) is 5.75 Å². The summed E-state index contributed by atoms with van der Waals surface area (Å²) < 4.78 is 10.5. The molecule has 0 spiro atoms. The van der Waals surface area contributed by atoms with E-state index in [1.54, 1.807) is 19.1 Å². The third-order valence-corrected chi connectivity index (χ3v) is 2.57. The third kappa shape index (κ3) is 2.34. The van der Waals surface area contributed by atoms with Crippen LogP contribution in [-0.4, -0.2) is 19.7 Å². The van der Waals surface area contributed by atoms with Crippen LogP contribution in [0.2, 0.25) is 0 Å². The lowest BCUT2D eigenvalue weighted by Crippen LogP contribution is -2.08. The average molecular weight is 284 g/mol. The minimum Gasteiger partial charge on any atom is -0.494 e. The zero-order valence-electron chi connectivity index (χ0n) is 8.91. The fourth-order valence-corrected chi connectivity index (χ4v) is 1.73. The molecule has 0 aliphatic heterocycles. The molecule has 0 aromatic heterocycles. The fraction of sp³-hybridized carbons (Fsp3) is 0.273. The zero-order valence-corrected chi connectivity index (χ0v) is 10.5. The maximum absolute atomic E-state index is 11.7. The van der Waals surface area contributed by atoms with Crippen molar-refractivity contribution >= 4 is 21.9 Å². The maximum atomic E-state index is 11.7. The van der Waals surface area contributed by atoms with Crippen molar-refractivity contribution in [3.05, 3.63) is 27.7 Å². The first-order chi connectivity index (χ1) is 7.65. The number of nitrogens with zero attached hydrogens (tertiary/aromatic N) is 1. The second-order valence-corrected chi connectivity index (χ2v) is 3.69. The van der Waals surface area contributed by atoms with Gasteiger partial charge in [0.15, 0.2) is 5.75 Å². The number of hydrogen-bond acceptors (Lipinski definition) is 4. The Hall–Kier alpha value is -1.54. The van der Waals surface area contributed by atoms with Crippen LogP contribution in [-0.2, 0) is 4.74 Å². The Bertz CT molecular complexity index is 451. The Kier molecular flexibility index (Phi) is 4.32. The van der Waals surface area contributed by atoms with Crippen molar-refractivity contribution in [2.75, 3.05) is 13.7 Å². The number of hydrogen-bond donors (Lipinski definition) is 0. The third-order valence-electron chi connectivity index (χ3n) is 1.91. The summed E-state index contributed by atoms with van der Waals surface area (Å²) in [4.78, 5) is 11.7. The Labute approximate surface area is 102 Å². The summed E-state index contributed by atoms with van der Waals surface area (Å²) in [7, 11) is 1.41. The summed E-state index contributed by atoms with van der Waals surface area (Å²) in [5.41, 5.74) is 0.539. The van der Waals surface area contributed by atoms with Crippen molar-refractivity contribution < 1.29 is 14.3 Å². The topological polar surface area (TPSA) is 59.3 Å². The highest BCUT2D eigenvalue weighted by atomic mass is 79.9. The van der Waals surface area contributed by atoms with Crippen LogP contribution in [0.15, 0.2) is 16.6 Å². The molecule has 0 amide bonds. The van der Waals surface area contributed by atoms with Gasteiger partial charge in [-0.15, -0.1) is 0 Å². The number of halogens is 1. The molecule has 5 heteroatoms. The summed E-state index contributed by atoms with van der Waals surface area (Å²) >= 11 is 3.23. The summed E-state index contributed by atoms with van der Waals surface area (Å²) in [6.45, 7) is 1.98. The molecule has 0 atom stereocenters. The number of esters is 1. The molecular formula is C11H10BrNO3. The Morgan fingerprint density at radius 3 is 2.75 bits per heavy atom. The van der Waals surface area contributed by atoms with E-state index in [9.17, 15) is 4.79 Å². The molecule has 0 bridgehead atoms. The van der Waals surface area contributed by atoms with E-state index in [-0.39, 0.29) is 17.9 Å². The standard InChI is InChI=1S/C11H10BrNO3/c1-3-16-11(14)9-8(12)5-4-7(6-13)10(9)15-2/h4-5H,3H2,1-2H3. The van der Waals surface area contributed by atoms with Gasteiger partial charge in [0.25, 0.3) is 0 Å². The van der Waals surface area contributed by atoms with E-state index in [1.165, 1.54) is 7.11 Å². The first-order valence-electron chi connectivity index (χ1n) is 4.59. The lowest BCUT2D eigenvalue weighted by Gasteiger charge is -2.10. The Morgan fingerprint density at radius 1 is 1.56 bits per heavy atom. The minimum absolute atomic E-state index is 0.232. The van der Waals surface area contributed by atoms with Crippen LogP contribution in [0.4, 0.5) is 0 Å². The van der Waals surface area contributed by atoms with Crippen molar-refractivity contribution in [1.82, 2.24) is 0 Å². The molecule has 0 saturated carbocycles. The van der Waals surface area contributed by atoms with Gasteiger partial charge in [0.2, 0.25) is 0 Å². The fourth-order valence-electron chi connectivity index (χ4n) is 1.25. The number of nitriles is 1. The second-order valence-electron chi connectivity index (χ2n) is 2.84. The molecule has 16 heavy (non-hydrogen) atoms. The van der Waals surface area contributed by atoms with Gasteiger partial charge in [0.1, 0.15) is 11.6 Å². The van der Waals surface area contributed by atoms with E-state index in [0.717, 1.165) is 0 Å². The zero-order chi connectivity index (χ0) is 12.1. The molecule has 1 aromatic carbocycles. The van der Waals surface area contributed by atoms with Crippen molar-refractivity contribution in [3.63, 3.8) is 0 Å². The van der Waals surface area contributed by atoms with Crippen molar-refractivity contribution in [1.29, 1.82) is 5.26 Å². The van der Waals surface area contributed by atoms with E-state index in [2.05, 4.69) is 15.9 Å². The van der Waals surface area contributed by atoms with E-state index in [4.69, 9.17) is 14.7 Å². The van der Waals surface area contributed by atoms with E-state index in [1.807, 2.05) is 6.07 Å². The van der Waals surface area contributed by atoms with Gasteiger partial charge in [-0.3, -0.25) is 0 Å². The predicted octanol–water partition coefficient (Wildman–Crippen LogP) is 2.51. The second kappa shape index (κ2) is 5.52. The molecule has 0 heterocycles. The van der Waals surface area contributed by atoms with Gasteiger partial charge in [-0.05, 0) is 35.0 Å². The van der Waals surface area contributed by atoms with Gasteiger partial charge in [-0.1, -0.05) is 0 Å². The molecule has 4 nitrogen and oxygen atoms in total. The van der Waals surface area contributed by atoms with Gasteiger partial charge < -0.3 is 9.47 Å². The summed E-state index contributed by atoms with van der Waals surface area (Å²) in [6, 6.07) is 5.15. The van der Waals surface area contributed by atoms with Crippen molar-refractivity contribution in [2.24, 2.45) is 0 Å². The maximum Gasteiger partial charge on any atom is 0.343 e. The van der Waals surface area contributed by atoms with Crippen molar-refractivity contribution in [2.45, 2.75) is 6.92 Å². The molecule has 84 valence electrons. The highest BCUT2D eigenvalue weighted by molar-refractivity contribution is 9.10. The SMILES string of the molecule is CCOC(=O)c1c(Br)ccc(C#N)c1OC. The molecular weight excluding hydrogens is 274 g/mol. The lowest BCUT2D eigenvalue weighted by molar-refractivity contribution is 0.0521. The molecule has 0 aliphatic carbocycles. The van der Waals surface area contributed by atoms with Gasteiger partial charge >= 0.3 is 5.97 Å². The Balaban J connectivity index is 3.35. The quantitative estimate of drug-likeness (QED) is 0.800. The van der Waals surface area contributed by atoms with Crippen LogP contribution in [0.3, 0.4) is 0 Å². The molecule has 0 radical (unpaired) electrons. The lowest BCUT2D eigenvalue weighted by atomic mass is 10.1. The molecule has 0 N–H and O–H groups in total. The monoisotopic (exact) mass is 283 g/mol. The molecule has 0 aliphatic rings. The average Bonchev–Trinajstić information content (AvgIpc) is 2.28. The number of methoxy groups -OCH3 is 1. The number of ether oxygens (including phenoxy) is 2. The van der Waals surface area contributed by atoms with Crippen molar-refractivity contribution in [3.8, 4) is 11.8 Å². The number of carbonyl (C=O) groups is 1. The minimum atomic E-state index is -0.511. The molecule has 0 saturated heterocycles. The normalized spacial score (nSPS) is 9.38. The summed E-state index contributed by atoms with van der Waals surface area (Å²) in [5.74, 6) is -0.279. The predicted molar refractivity (Wildman–Crippen MR) is 61.4 cm³/mol. The van der Waals surface area contributed by atoms with Crippen LogP contribution >= 0.6 is 15.9 Å². The molecule has 1 aromatic rings. The summed E-state index contributed by atoms with van der Waals surface area (Å²) in [6.07, 6.45) is 0. The number of carbonyl (C=O) groups excluding carboxylic acids is 1. The van der Waals surface area contributed by atoms with Crippen LogP contribution in [0.25, 0.3) is 0 Å². The number of benzene rings is 1. The van der Waals surface area contributed by atoms with Gasteiger partial charge in [-0.2, -0.15) is 5.26 Å². The van der Waals surface area contributed by atoms with E-state index >= 15 is 0 Å². The summed E-state index contributed by atoms with van der Waals surface area (Å²) in [5, 5.41) is 8.88. The molecule has 1 rings (SSSR count). The molecule has 0 unspecified atom stereocenters. The van der Waals surface area contributed by atoms with E-state index in [0.29, 0.717) is 10.0 Å². The van der Waals surface area contributed by atoms with Gasteiger partial charge in [0, 0.05) is 4.47 Å². The van der Waals surface area contributed by atoms with Gasteiger partial charge in [0.05, 0.1) is 19.3 Å².